The Kier molecular flexibility index (Phi) is 3.24. The topological polar surface area (TPSA) is 74.6 Å². The summed E-state index contributed by atoms with van der Waals surface area (Å²) in [4.78, 5) is -0.0486. The van der Waals surface area contributed by atoms with E-state index in [-0.39, 0.29) is 15.5 Å². The van der Waals surface area contributed by atoms with E-state index < -0.39 is 15.6 Å². The van der Waals surface area contributed by atoms with Gasteiger partial charge in [0, 0.05) is 6.07 Å². The summed E-state index contributed by atoms with van der Waals surface area (Å²) >= 11 is 0. The molecule has 19 heavy (non-hydrogen) atoms. The lowest BCUT2D eigenvalue weighted by Gasteiger charge is -2.13. The lowest BCUT2D eigenvalue weighted by molar-refractivity contribution is 0.435. The van der Waals surface area contributed by atoms with E-state index >= 15 is 0 Å². The first kappa shape index (κ1) is 13.4. The van der Waals surface area contributed by atoms with Gasteiger partial charge in [0.2, 0.25) is 9.84 Å². The van der Waals surface area contributed by atoms with Crippen molar-refractivity contribution in [2.45, 2.75) is 23.6 Å². The minimum absolute atomic E-state index is 0.110. The van der Waals surface area contributed by atoms with Crippen LogP contribution in [0.1, 0.15) is 11.1 Å². The average molecular weight is 278 g/mol. The van der Waals surface area contributed by atoms with Crippen LogP contribution in [0.5, 0.6) is 11.5 Å². The van der Waals surface area contributed by atoms with Crippen LogP contribution in [0.3, 0.4) is 0 Å². The van der Waals surface area contributed by atoms with Gasteiger partial charge in [0.15, 0.2) is 0 Å². The summed E-state index contributed by atoms with van der Waals surface area (Å²) in [5.41, 5.74) is 0.786. The summed E-state index contributed by atoms with van der Waals surface area (Å²) in [6.45, 7) is 3.17. The lowest BCUT2D eigenvalue weighted by Crippen LogP contribution is -2.05. The molecule has 0 bridgehead atoms. The summed E-state index contributed by atoms with van der Waals surface area (Å²) in [5, 5.41) is 19.4. The van der Waals surface area contributed by atoms with Crippen molar-refractivity contribution < 1.29 is 18.6 Å². The maximum absolute atomic E-state index is 12.5. The van der Waals surface area contributed by atoms with E-state index in [9.17, 15) is 18.6 Å². The fraction of sp³-hybridized carbons (Fsp3) is 0.143. The molecule has 0 radical (unpaired) electrons. The average Bonchev–Trinajstić information content (AvgIpc) is 2.37. The first-order valence-electron chi connectivity index (χ1n) is 5.68. The minimum atomic E-state index is -3.80. The van der Waals surface area contributed by atoms with Crippen LogP contribution >= 0.6 is 0 Å². The van der Waals surface area contributed by atoms with Crippen LogP contribution in [-0.4, -0.2) is 18.6 Å². The fourth-order valence-corrected chi connectivity index (χ4v) is 3.56. The molecule has 0 aliphatic heterocycles. The van der Waals surface area contributed by atoms with Gasteiger partial charge in [-0.15, -0.1) is 0 Å². The molecule has 0 saturated carbocycles. The Morgan fingerprint density at radius 2 is 1.47 bits per heavy atom. The van der Waals surface area contributed by atoms with Crippen LogP contribution < -0.4 is 0 Å². The maximum Gasteiger partial charge on any atom is 0.210 e. The molecule has 5 heteroatoms. The van der Waals surface area contributed by atoms with Crippen molar-refractivity contribution in [1.82, 2.24) is 0 Å². The number of phenolic OH excluding ortho intramolecular Hbond substituents is 2. The highest BCUT2D eigenvalue weighted by atomic mass is 32.2. The molecule has 0 amide bonds. The number of hydrogen-bond donors (Lipinski definition) is 2. The zero-order valence-corrected chi connectivity index (χ0v) is 11.4. The SMILES string of the molecule is Cc1c(O)cc(O)c(S(=O)(=O)c2ccccc2)c1C. The molecule has 0 atom stereocenters. The van der Waals surface area contributed by atoms with Crippen molar-refractivity contribution in [1.29, 1.82) is 0 Å². The monoisotopic (exact) mass is 278 g/mol. The number of phenols is 2. The lowest BCUT2D eigenvalue weighted by atomic mass is 10.1. The van der Waals surface area contributed by atoms with Gasteiger partial charge in [-0.1, -0.05) is 18.2 Å². The van der Waals surface area contributed by atoms with Gasteiger partial charge in [0.1, 0.15) is 16.4 Å². The molecule has 0 aliphatic carbocycles. The van der Waals surface area contributed by atoms with Crippen molar-refractivity contribution in [2.24, 2.45) is 0 Å². The molecular weight excluding hydrogens is 264 g/mol. The van der Waals surface area contributed by atoms with Gasteiger partial charge < -0.3 is 10.2 Å². The molecule has 0 spiro atoms. The van der Waals surface area contributed by atoms with Crippen LogP contribution in [0.15, 0.2) is 46.2 Å². The smallest absolute Gasteiger partial charge is 0.210 e. The van der Waals surface area contributed by atoms with E-state index in [1.807, 2.05) is 0 Å². The fourth-order valence-electron chi connectivity index (χ4n) is 1.91. The molecule has 0 heterocycles. The molecule has 0 unspecified atom stereocenters. The van der Waals surface area contributed by atoms with Crippen LogP contribution in [0.4, 0.5) is 0 Å². The van der Waals surface area contributed by atoms with Gasteiger partial charge in [-0.25, -0.2) is 8.42 Å². The molecule has 2 N–H and O–H groups in total. The van der Waals surface area contributed by atoms with Crippen LogP contribution in [-0.2, 0) is 9.84 Å². The maximum atomic E-state index is 12.5. The number of aromatic hydroxyl groups is 2. The molecule has 0 saturated heterocycles. The summed E-state index contributed by atoms with van der Waals surface area (Å²) in [6.07, 6.45) is 0. The molecule has 2 aromatic rings. The second-order valence-corrected chi connectivity index (χ2v) is 6.20. The summed E-state index contributed by atoms with van der Waals surface area (Å²) in [7, 11) is -3.80. The Labute approximate surface area is 111 Å². The Hall–Kier alpha value is -2.01. The van der Waals surface area contributed by atoms with Crippen molar-refractivity contribution in [3.05, 3.63) is 47.5 Å². The first-order valence-corrected chi connectivity index (χ1v) is 7.16. The second-order valence-electron chi connectivity index (χ2n) is 4.31. The molecule has 4 nitrogen and oxygen atoms in total. The van der Waals surface area contributed by atoms with E-state index in [1.54, 1.807) is 32.0 Å². The van der Waals surface area contributed by atoms with Gasteiger partial charge in [0.25, 0.3) is 0 Å². The van der Waals surface area contributed by atoms with Gasteiger partial charge in [-0.2, -0.15) is 0 Å². The van der Waals surface area contributed by atoms with E-state index in [0.717, 1.165) is 6.07 Å². The molecule has 0 fully saturated rings. The zero-order chi connectivity index (χ0) is 14.2. The number of hydrogen-bond acceptors (Lipinski definition) is 4. The third kappa shape index (κ3) is 2.17. The second kappa shape index (κ2) is 4.59. The molecule has 2 aromatic carbocycles. The van der Waals surface area contributed by atoms with Crippen molar-refractivity contribution in [2.75, 3.05) is 0 Å². The van der Waals surface area contributed by atoms with Gasteiger partial charge >= 0.3 is 0 Å². The van der Waals surface area contributed by atoms with E-state index in [4.69, 9.17) is 0 Å². The predicted molar refractivity (Wildman–Crippen MR) is 71.1 cm³/mol. The largest absolute Gasteiger partial charge is 0.508 e. The van der Waals surface area contributed by atoms with Crippen LogP contribution in [0, 0.1) is 13.8 Å². The highest BCUT2D eigenvalue weighted by Crippen LogP contribution is 2.37. The highest BCUT2D eigenvalue weighted by Gasteiger charge is 2.25. The summed E-state index contributed by atoms with van der Waals surface area (Å²) in [6, 6.07) is 8.94. The minimum Gasteiger partial charge on any atom is -0.508 e. The van der Waals surface area contributed by atoms with E-state index in [0.29, 0.717) is 11.1 Å². The predicted octanol–water partition coefficient (Wildman–Crippen LogP) is 2.55. The third-order valence-corrected chi connectivity index (χ3v) is 5.06. The standard InChI is InChI=1S/C14H14O4S/c1-9-10(2)14(13(16)8-12(9)15)19(17,18)11-6-4-3-5-7-11/h3-8,15-16H,1-2H3. The molecule has 0 aromatic heterocycles. The van der Waals surface area contributed by atoms with Crippen molar-refractivity contribution >= 4 is 9.84 Å². The molecule has 0 aliphatic rings. The Morgan fingerprint density at radius 3 is 2.05 bits per heavy atom. The Morgan fingerprint density at radius 1 is 0.895 bits per heavy atom. The molecular formula is C14H14O4S. The van der Waals surface area contributed by atoms with Crippen molar-refractivity contribution in [3.63, 3.8) is 0 Å². The molecule has 100 valence electrons. The summed E-state index contributed by atoms with van der Waals surface area (Å²) < 4.78 is 25.0. The molecule has 2 rings (SSSR count). The quantitative estimate of drug-likeness (QED) is 0.885. The van der Waals surface area contributed by atoms with Gasteiger partial charge in [-0.3, -0.25) is 0 Å². The number of benzene rings is 2. The Balaban J connectivity index is 2.77. The van der Waals surface area contributed by atoms with Gasteiger partial charge in [0.05, 0.1) is 4.90 Å². The normalized spacial score (nSPS) is 11.5. The summed E-state index contributed by atoms with van der Waals surface area (Å²) in [5.74, 6) is -0.563. The van der Waals surface area contributed by atoms with E-state index in [1.165, 1.54) is 12.1 Å². The van der Waals surface area contributed by atoms with Crippen LogP contribution in [0.25, 0.3) is 0 Å². The van der Waals surface area contributed by atoms with Crippen LogP contribution in [0.2, 0.25) is 0 Å². The number of sulfone groups is 1. The zero-order valence-electron chi connectivity index (χ0n) is 10.6. The first-order chi connectivity index (χ1) is 8.85. The van der Waals surface area contributed by atoms with E-state index in [2.05, 4.69) is 0 Å². The highest BCUT2D eigenvalue weighted by molar-refractivity contribution is 7.91. The Bertz CT molecular complexity index is 719. The van der Waals surface area contributed by atoms with Crippen molar-refractivity contribution in [3.8, 4) is 11.5 Å². The number of rotatable bonds is 2. The van der Waals surface area contributed by atoms with Gasteiger partial charge in [-0.05, 0) is 37.1 Å². The third-order valence-electron chi connectivity index (χ3n) is 3.12.